The summed E-state index contributed by atoms with van der Waals surface area (Å²) < 4.78 is 24.7. The van der Waals surface area contributed by atoms with E-state index in [0.717, 1.165) is 6.26 Å². The largest absolute Gasteiger partial charge is 0.397 e. The van der Waals surface area contributed by atoms with Crippen LogP contribution in [0.4, 0.5) is 11.4 Å². The lowest BCUT2D eigenvalue weighted by Crippen LogP contribution is -2.24. The molecule has 0 aliphatic heterocycles. The first-order valence-corrected chi connectivity index (χ1v) is 6.69. The Kier molecular flexibility index (Phi) is 3.62. The molecular formula is C10H15N3O3S. The lowest BCUT2D eigenvalue weighted by molar-refractivity contribution is 0.0828. The molecule has 0 unspecified atom stereocenters. The normalized spacial score (nSPS) is 11.0. The number of para-hydroxylation sites is 1. The Morgan fingerprint density at radius 2 is 1.94 bits per heavy atom. The number of nitrogen functional groups attached to an aromatic ring is 1. The number of hydrogen-bond acceptors (Lipinski definition) is 4. The second kappa shape index (κ2) is 4.62. The molecule has 1 rings (SSSR count). The molecule has 0 aliphatic carbocycles. The highest BCUT2D eigenvalue weighted by Gasteiger charge is 2.17. The van der Waals surface area contributed by atoms with Crippen molar-refractivity contribution in [3.8, 4) is 0 Å². The number of nitrogens with two attached hydrogens (primary N) is 1. The highest BCUT2D eigenvalue weighted by atomic mass is 32.2. The Hall–Kier alpha value is -1.76. The fourth-order valence-electron chi connectivity index (χ4n) is 1.29. The van der Waals surface area contributed by atoms with Crippen LogP contribution in [0.15, 0.2) is 18.2 Å². The van der Waals surface area contributed by atoms with Gasteiger partial charge in [0.05, 0.1) is 23.2 Å². The van der Waals surface area contributed by atoms with E-state index in [-0.39, 0.29) is 22.8 Å². The number of amides is 1. The van der Waals surface area contributed by atoms with Crippen molar-refractivity contribution < 1.29 is 13.2 Å². The van der Waals surface area contributed by atoms with Gasteiger partial charge in [-0.2, -0.15) is 0 Å². The molecule has 0 atom stereocenters. The van der Waals surface area contributed by atoms with Gasteiger partial charge in [-0.25, -0.2) is 8.42 Å². The maximum atomic E-state index is 11.8. The molecule has 3 N–H and O–H groups in total. The average molecular weight is 257 g/mol. The Balaban J connectivity index is 3.32. The second-order valence-corrected chi connectivity index (χ2v) is 5.59. The van der Waals surface area contributed by atoms with Crippen molar-refractivity contribution in [2.75, 3.05) is 30.8 Å². The molecule has 0 radical (unpaired) electrons. The maximum absolute atomic E-state index is 11.8. The van der Waals surface area contributed by atoms with Crippen LogP contribution < -0.4 is 10.5 Å². The van der Waals surface area contributed by atoms with Gasteiger partial charge in [0.2, 0.25) is 10.0 Å². The second-order valence-electron chi connectivity index (χ2n) is 3.84. The standard InChI is InChI=1S/C10H15N3O3S/c1-13(2)10(14)7-5-4-6-8(11)9(7)12-17(3,15)16/h4-6,12H,11H2,1-3H3. The average Bonchev–Trinajstić information content (AvgIpc) is 2.18. The first-order valence-electron chi connectivity index (χ1n) is 4.80. The zero-order valence-corrected chi connectivity index (χ0v) is 10.7. The van der Waals surface area contributed by atoms with E-state index >= 15 is 0 Å². The minimum atomic E-state index is -3.48. The molecule has 0 saturated heterocycles. The zero-order chi connectivity index (χ0) is 13.2. The van der Waals surface area contributed by atoms with Gasteiger partial charge in [0.15, 0.2) is 0 Å². The predicted molar refractivity (Wildman–Crippen MR) is 67.3 cm³/mol. The molecule has 1 aromatic rings. The molecule has 0 spiro atoms. The van der Waals surface area contributed by atoms with Crippen LogP contribution in [-0.2, 0) is 10.0 Å². The minimum Gasteiger partial charge on any atom is -0.397 e. The third kappa shape index (κ3) is 3.35. The van der Waals surface area contributed by atoms with E-state index in [9.17, 15) is 13.2 Å². The van der Waals surface area contributed by atoms with Crippen molar-refractivity contribution in [1.82, 2.24) is 4.90 Å². The molecule has 6 nitrogen and oxygen atoms in total. The molecule has 0 heterocycles. The van der Waals surface area contributed by atoms with Crippen molar-refractivity contribution in [1.29, 1.82) is 0 Å². The molecule has 7 heteroatoms. The summed E-state index contributed by atoms with van der Waals surface area (Å²) in [4.78, 5) is 13.2. The van der Waals surface area contributed by atoms with Crippen LogP contribution in [0.5, 0.6) is 0 Å². The van der Waals surface area contributed by atoms with Gasteiger partial charge in [-0.3, -0.25) is 9.52 Å². The number of sulfonamides is 1. The van der Waals surface area contributed by atoms with Gasteiger partial charge in [-0.05, 0) is 12.1 Å². The molecule has 0 aliphatic rings. The van der Waals surface area contributed by atoms with E-state index in [1.54, 1.807) is 20.2 Å². The van der Waals surface area contributed by atoms with Crippen LogP contribution in [0.2, 0.25) is 0 Å². The van der Waals surface area contributed by atoms with Gasteiger partial charge in [-0.1, -0.05) is 6.07 Å². The molecule has 1 aromatic carbocycles. The first kappa shape index (κ1) is 13.3. The van der Waals surface area contributed by atoms with Crippen LogP contribution in [0.3, 0.4) is 0 Å². The van der Waals surface area contributed by atoms with Crippen molar-refractivity contribution in [2.45, 2.75) is 0 Å². The monoisotopic (exact) mass is 257 g/mol. The quantitative estimate of drug-likeness (QED) is 0.764. The minimum absolute atomic E-state index is 0.119. The van der Waals surface area contributed by atoms with Crippen LogP contribution >= 0.6 is 0 Å². The van der Waals surface area contributed by atoms with Gasteiger partial charge >= 0.3 is 0 Å². The summed E-state index contributed by atoms with van der Waals surface area (Å²) in [5.41, 5.74) is 6.22. The van der Waals surface area contributed by atoms with E-state index < -0.39 is 10.0 Å². The SMILES string of the molecule is CN(C)C(=O)c1cccc(N)c1NS(C)(=O)=O. The van der Waals surface area contributed by atoms with Crippen molar-refractivity contribution in [2.24, 2.45) is 0 Å². The maximum Gasteiger partial charge on any atom is 0.255 e. The summed E-state index contributed by atoms with van der Waals surface area (Å²) in [7, 11) is -0.324. The van der Waals surface area contributed by atoms with Crippen LogP contribution in [0.25, 0.3) is 0 Å². The van der Waals surface area contributed by atoms with E-state index in [4.69, 9.17) is 5.73 Å². The highest BCUT2D eigenvalue weighted by Crippen LogP contribution is 2.25. The van der Waals surface area contributed by atoms with Crippen molar-refractivity contribution in [3.05, 3.63) is 23.8 Å². The molecule has 1 amide bonds. The number of rotatable bonds is 3. The molecular weight excluding hydrogens is 242 g/mol. The van der Waals surface area contributed by atoms with Gasteiger partial charge < -0.3 is 10.6 Å². The number of hydrogen-bond donors (Lipinski definition) is 2. The Bertz CT molecular complexity index is 538. The van der Waals surface area contributed by atoms with Crippen LogP contribution in [0, 0.1) is 0 Å². The van der Waals surface area contributed by atoms with Crippen LogP contribution in [-0.4, -0.2) is 39.6 Å². The van der Waals surface area contributed by atoms with E-state index in [1.165, 1.54) is 17.0 Å². The Morgan fingerprint density at radius 3 is 2.41 bits per heavy atom. The summed E-state index contributed by atoms with van der Waals surface area (Å²) in [6, 6.07) is 4.64. The number of nitrogens with one attached hydrogen (secondary N) is 1. The fourth-order valence-corrected chi connectivity index (χ4v) is 1.89. The van der Waals surface area contributed by atoms with Gasteiger partial charge in [-0.15, -0.1) is 0 Å². The number of carbonyl (C=O) groups excluding carboxylic acids is 1. The van der Waals surface area contributed by atoms with E-state index in [2.05, 4.69) is 4.72 Å². The van der Waals surface area contributed by atoms with Gasteiger partial charge in [0.1, 0.15) is 0 Å². The lowest BCUT2D eigenvalue weighted by Gasteiger charge is -2.16. The number of carbonyl (C=O) groups is 1. The topological polar surface area (TPSA) is 92.5 Å². The Morgan fingerprint density at radius 1 is 1.35 bits per heavy atom. The number of anilines is 2. The summed E-state index contributed by atoms with van der Waals surface area (Å²) in [5, 5.41) is 0. The van der Waals surface area contributed by atoms with E-state index in [0.29, 0.717) is 0 Å². The lowest BCUT2D eigenvalue weighted by atomic mass is 10.1. The smallest absolute Gasteiger partial charge is 0.255 e. The fraction of sp³-hybridized carbons (Fsp3) is 0.300. The molecule has 0 aromatic heterocycles. The zero-order valence-electron chi connectivity index (χ0n) is 9.89. The Labute approximate surface area is 100 Å². The molecule has 0 fully saturated rings. The third-order valence-corrected chi connectivity index (χ3v) is 2.60. The molecule has 0 saturated carbocycles. The van der Waals surface area contributed by atoms with Crippen molar-refractivity contribution in [3.63, 3.8) is 0 Å². The molecule has 17 heavy (non-hydrogen) atoms. The number of benzene rings is 1. The van der Waals surface area contributed by atoms with E-state index in [1.807, 2.05) is 0 Å². The first-order chi connectivity index (χ1) is 7.72. The van der Waals surface area contributed by atoms with Crippen LogP contribution in [0.1, 0.15) is 10.4 Å². The predicted octanol–water partition coefficient (Wildman–Crippen LogP) is 0.342. The number of nitrogens with zero attached hydrogens (tertiary/aromatic N) is 1. The summed E-state index contributed by atoms with van der Waals surface area (Å²) in [6.45, 7) is 0. The van der Waals surface area contributed by atoms with Gasteiger partial charge in [0.25, 0.3) is 5.91 Å². The highest BCUT2D eigenvalue weighted by molar-refractivity contribution is 7.92. The molecule has 0 bridgehead atoms. The van der Waals surface area contributed by atoms with Gasteiger partial charge in [0, 0.05) is 14.1 Å². The van der Waals surface area contributed by atoms with Crippen molar-refractivity contribution >= 4 is 27.3 Å². The summed E-state index contributed by atoms with van der Waals surface area (Å²) in [6.07, 6.45) is 1.00. The third-order valence-electron chi connectivity index (χ3n) is 2.02. The summed E-state index contributed by atoms with van der Waals surface area (Å²) >= 11 is 0. The molecule has 94 valence electrons. The summed E-state index contributed by atoms with van der Waals surface area (Å²) in [5.74, 6) is -0.316.